The van der Waals surface area contributed by atoms with Crippen LogP contribution in [0.15, 0.2) is 48.8 Å². The third-order valence-corrected chi connectivity index (χ3v) is 4.22. The molecule has 1 amide bonds. The number of nitro groups is 1. The summed E-state index contributed by atoms with van der Waals surface area (Å²) in [5.74, 6) is 0.504. The third-order valence-electron chi connectivity index (χ3n) is 4.22. The SMILES string of the molecule is CNC(=O)c1cnc(NCCNc2ccc([N+](=O)[O-])cn2)nc1-c1ccc(C#N)cc1. The van der Waals surface area contributed by atoms with Crippen LogP contribution in [0.2, 0.25) is 0 Å². The zero-order valence-corrected chi connectivity index (χ0v) is 16.5. The highest BCUT2D eigenvalue weighted by Gasteiger charge is 2.15. The number of nitriles is 1. The Hall–Kier alpha value is -4.59. The fraction of sp³-hybridized carbons (Fsp3) is 0.150. The van der Waals surface area contributed by atoms with Gasteiger partial charge in [-0.05, 0) is 18.2 Å². The molecule has 0 aliphatic carbocycles. The zero-order chi connectivity index (χ0) is 22.2. The maximum absolute atomic E-state index is 12.2. The number of pyridine rings is 1. The van der Waals surface area contributed by atoms with Crippen molar-refractivity contribution in [1.82, 2.24) is 20.3 Å². The average molecular weight is 418 g/mol. The Balaban J connectivity index is 1.69. The van der Waals surface area contributed by atoms with Crippen molar-refractivity contribution in [2.45, 2.75) is 0 Å². The molecule has 11 nitrogen and oxygen atoms in total. The summed E-state index contributed by atoms with van der Waals surface area (Å²) in [6.07, 6.45) is 2.62. The van der Waals surface area contributed by atoms with Crippen LogP contribution in [0.1, 0.15) is 15.9 Å². The van der Waals surface area contributed by atoms with E-state index in [-0.39, 0.29) is 11.6 Å². The Morgan fingerprint density at radius 1 is 1.10 bits per heavy atom. The van der Waals surface area contributed by atoms with Crippen LogP contribution in [0.3, 0.4) is 0 Å². The summed E-state index contributed by atoms with van der Waals surface area (Å²) in [4.78, 5) is 35.0. The summed E-state index contributed by atoms with van der Waals surface area (Å²) in [7, 11) is 1.52. The molecule has 0 saturated carbocycles. The number of hydrogen-bond acceptors (Lipinski definition) is 9. The van der Waals surface area contributed by atoms with Gasteiger partial charge in [0.25, 0.3) is 11.6 Å². The van der Waals surface area contributed by atoms with Gasteiger partial charge in [-0.1, -0.05) is 12.1 Å². The van der Waals surface area contributed by atoms with Gasteiger partial charge in [0.1, 0.15) is 12.0 Å². The second-order valence-electron chi connectivity index (χ2n) is 6.24. The number of aromatic nitrogens is 3. The first-order valence-corrected chi connectivity index (χ1v) is 9.19. The fourth-order valence-corrected chi connectivity index (χ4v) is 2.65. The molecule has 0 saturated heterocycles. The van der Waals surface area contributed by atoms with Crippen molar-refractivity contribution < 1.29 is 9.72 Å². The normalized spacial score (nSPS) is 10.1. The van der Waals surface area contributed by atoms with E-state index in [0.717, 1.165) is 0 Å². The summed E-state index contributed by atoms with van der Waals surface area (Å²) in [6, 6.07) is 11.7. The highest BCUT2D eigenvalue weighted by atomic mass is 16.6. The molecule has 0 aliphatic heterocycles. The maximum atomic E-state index is 12.2. The van der Waals surface area contributed by atoms with E-state index in [4.69, 9.17) is 5.26 Å². The number of hydrogen-bond donors (Lipinski definition) is 3. The lowest BCUT2D eigenvalue weighted by molar-refractivity contribution is -0.385. The molecule has 3 N–H and O–H groups in total. The Bertz CT molecular complexity index is 1120. The third kappa shape index (κ3) is 5.27. The van der Waals surface area contributed by atoms with Gasteiger partial charge in [0.15, 0.2) is 0 Å². The monoisotopic (exact) mass is 418 g/mol. The van der Waals surface area contributed by atoms with Gasteiger partial charge in [0.2, 0.25) is 5.95 Å². The molecule has 0 atom stereocenters. The first-order chi connectivity index (χ1) is 15.0. The van der Waals surface area contributed by atoms with E-state index in [9.17, 15) is 14.9 Å². The topological polar surface area (TPSA) is 159 Å². The second kappa shape index (κ2) is 9.75. The number of carbonyl (C=O) groups excluding carboxylic acids is 1. The van der Waals surface area contributed by atoms with Gasteiger partial charge in [-0.2, -0.15) is 5.26 Å². The van der Waals surface area contributed by atoms with Gasteiger partial charge in [-0.15, -0.1) is 0 Å². The molecule has 0 radical (unpaired) electrons. The van der Waals surface area contributed by atoms with Gasteiger partial charge in [-0.3, -0.25) is 14.9 Å². The predicted octanol–water partition coefficient (Wildman–Crippen LogP) is 2.20. The standard InChI is InChI=1S/C20H18N8O3/c1-22-19(29)16-12-26-20(27-18(16)14-4-2-13(10-21)3-5-14)24-9-8-23-17-7-6-15(11-25-17)28(30)31/h2-7,11-12H,8-9H2,1H3,(H,22,29)(H,23,25)(H,24,26,27). The minimum absolute atomic E-state index is 0.0800. The van der Waals surface area contributed by atoms with E-state index in [1.807, 2.05) is 0 Å². The van der Waals surface area contributed by atoms with E-state index in [1.54, 1.807) is 24.3 Å². The Labute approximate surface area is 177 Å². The second-order valence-corrected chi connectivity index (χ2v) is 6.24. The number of benzene rings is 1. The molecule has 11 heteroatoms. The molecule has 0 bridgehead atoms. The lowest BCUT2D eigenvalue weighted by Gasteiger charge is -2.11. The molecule has 156 valence electrons. The van der Waals surface area contributed by atoms with Crippen LogP contribution in [0.25, 0.3) is 11.3 Å². The van der Waals surface area contributed by atoms with Crippen LogP contribution in [0.5, 0.6) is 0 Å². The van der Waals surface area contributed by atoms with Crippen molar-refractivity contribution in [3.8, 4) is 17.3 Å². The molecule has 2 heterocycles. The van der Waals surface area contributed by atoms with Crippen LogP contribution < -0.4 is 16.0 Å². The highest BCUT2D eigenvalue weighted by molar-refractivity contribution is 5.99. The highest BCUT2D eigenvalue weighted by Crippen LogP contribution is 2.23. The van der Waals surface area contributed by atoms with Crippen molar-refractivity contribution in [3.63, 3.8) is 0 Å². The van der Waals surface area contributed by atoms with E-state index >= 15 is 0 Å². The van der Waals surface area contributed by atoms with Crippen molar-refractivity contribution >= 4 is 23.4 Å². The molecule has 0 aliphatic rings. The predicted molar refractivity (Wildman–Crippen MR) is 113 cm³/mol. The van der Waals surface area contributed by atoms with Crippen LogP contribution >= 0.6 is 0 Å². The van der Waals surface area contributed by atoms with Gasteiger partial charge in [0.05, 0.1) is 27.8 Å². The van der Waals surface area contributed by atoms with E-state index in [0.29, 0.717) is 47.2 Å². The molecule has 0 fully saturated rings. The minimum atomic E-state index is -0.510. The molecule has 0 spiro atoms. The fourth-order valence-electron chi connectivity index (χ4n) is 2.65. The van der Waals surface area contributed by atoms with Crippen molar-refractivity contribution in [3.05, 3.63) is 70.0 Å². The molecule has 3 rings (SSSR count). The largest absolute Gasteiger partial charge is 0.368 e. The van der Waals surface area contributed by atoms with Crippen LogP contribution in [-0.4, -0.2) is 45.9 Å². The molecular formula is C20H18N8O3. The quantitative estimate of drug-likeness (QED) is 0.283. The number of nitrogens with zero attached hydrogens (tertiary/aromatic N) is 5. The molecule has 0 unspecified atom stereocenters. The maximum Gasteiger partial charge on any atom is 0.287 e. The summed E-state index contributed by atoms with van der Waals surface area (Å²) in [5, 5.41) is 28.3. The zero-order valence-electron chi connectivity index (χ0n) is 16.5. The summed E-state index contributed by atoms with van der Waals surface area (Å²) < 4.78 is 0. The Kier molecular flexibility index (Phi) is 6.64. The van der Waals surface area contributed by atoms with E-state index in [1.165, 1.54) is 31.6 Å². The number of amides is 1. The van der Waals surface area contributed by atoms with Crippen molar-refractivity contribution in [2.24, 2.45) is 0 Å². The summed E-state index contributed by atoms with van der Waals surface area (Å²) in [6.45, 7) is 0.891. The van der Waals surface area contributed by atoms with Crippen molar-refractivity contribution in [2.75, 3.05) is 30.8 Å². The number of rotatable bonds is 8. The first kappa shape index (κ1) is 21.1. The van der Waals surface area contributed by atoms with Crippen LogP contribution in [-0.2, 0) is 0 Å². The molecule has 3 aromatic rings. The van der Waals surface area contributed by atoms with E-state index < -0.39 is 4.92 Å². The lowest BCUT2D eigenvalue weighted by Crippen LogP contribution is -2.21. The van der Waals surface area contributed by atoms with E-state index in [2.05, 4.69) is 37.0 Å². The molecule has 31 heavy (non-hydrogen) atoms. The summed E-state index contributed by atoms with van der Waals surface area (Å²) >= 11 is 0. The van der Waals surface area contributed by atoms with Crippen LogP contribution in [0.4, 0.5) is 17.5 Å². The Morgan fingerprint density at radius 2 is 1.84 bits per heavy atom. The number of anilines is 2. The average Bonchev–Trinajstić information content (AvgIpc) is 2.81. The molecule has 2 aromatic heterocycles. The lowest BCUT2D eigenvalue weighted by atomic mass is 10.1. The van der Waals surface area contributed by atoms with Crippen molar-refractivity contribution in [1.29, 1.82) is 5.26 Å². The smallest absolute Gasteiger partial charge is 0.287 e. The molecular weight excluding hydrogens is 400 g/mol. The van der Waals surface area contributed by atoms with Gasteiger partial charge >= 0.3 is 0 Å². The van der Waals surface area contributed by atoms with Gasteiger partial charge in [0, 0.05) is 38.0 Å². The van der Waals surface area contributed by atoms with Crippen LogP contribution in [0, 0.1) is 21.4 Å². The molecule has 1 aromatic carbocycles. The number of nitrogens with one attached hydrogen (secondary N) is 3. The minimum Gasteiger partial charge on any atom is -0.368 e. The first-order valence-electron chi connectivity index (χ1n) is 9.19. The summed E-state index contributed by atoms with van der Waals surface area (Å²) in [5.41, 5.74) is 1.85. The number of carbonyl (C=O) groups is 1. The van der Waals surface area contributed by atoms with Gasteiger partial charge < -0.3 is 16.0 Å². The Morgan fingerprint density at radius 3 is 2.45 bits per heavy atom. The van der Waals surface area contributed by atoms with Gasteiger partial charge in [-0.25, -0.2) is 15.0 Å².